The van der Waals surface area contributed by atoms with Crippen LogP contribution in [0.4, 0.5) is 5.69 Å². The van der Waals surface area contributed by atoms with Crippen molar-refractivity contribution in [1.82, 2.24) is 5.32 Å². The molecule has 1 atom stereocenters. The molecule has 3 N–H and O–H groups in total. The summed E-state index contributed by atoms with van der Waals surface area (Å²) in [7, 11) is 3.11. The fraction of sp³-hybridized carbons (Fsp3) is 0.619. The van der Waals surface area contributed by atoms with Gasteiger partial charge in [-0.15, -0.1) is 0 Å². The molecule has 1 aromatic rings. The van der Waals surface area contributed by atoms with Gasteiger partial charge in [-0.05, 0) is 31.9 Å². The Bertz CT molecular complexity index is 618. The summed E-state index contributed by atoms with van der Waals surface area (Å²) in [5, 5.41) is 5.79. The number of quaternary nitrogens is 1. The Balaban J connectivity index is 2.37. The standard InChI is InChI=1S/C21H35N3O4/c1-6-24(7-2)12-8-11-22-20(25)13-16(3)14-21(26)23-18-10-9-17(27-4)15-19(18)28-5/h9-10,15-16H,6-8,11-14H2,1-5H3,(H,22,25)(H,23,26)/p+1/t16-/m0/s1. The van der Waals surface area contributed by atoms with Crippen LogP contribution in [0.1, 0.15) is 40.0 Å². The molecule has 2 amide bonds. The summed E-state index contributed by atoms with van der Waals surface area (Å²) >= 11 is 0. The molecule has 0 aliphatic rings. The molecule has 0 fully saturated rings. The molecular formula is C21H36N3O4+. The zero-order valence-electron chi connectivity index (χ0n) is 17.9. The third-order valence-corrected chi connectivity index (χ3v) is 4.78. The minimum absolute atomic E-state index is 0.00289. The third-order valence-electron chi connectivity index (χ3n) is 4.78. The maximum atomic E-state index is 12.3. The second-order valence-electron chi connectivity index (χ2n) is 7.04. The first kappa shape index (κ1) is 23.8. The van der Waals surface area contributed by atoms with Gasteiger partial charge in [0.15, 0.2) is 0 Å². The Labute approximate surface area is 168 Å². The highest BCUT2D eigenvalue weighted by Crippen LogP contribution is 2.29. The van der Waals surface area contributed by atoms with Crippen LogP contribution in [-0.2, 0) is 9.59 Å². The molecule has 0 aromatic heterocycles. The lowest BCUT2D eigenvalue weighted by atomic mass is 10.0. The molecule has 158 valence electrons. The summed E-state index contributed by atoms with van der Waals surface area (Å²) in [6.07, 6.45) is 1.58. The van der Waals surface area contributed by atoms with Crippen LogP contribution in [-0.4, -0.2) is 52.2 Å². The Morgan fingerprint density at radius 1 is 1.07 bits per heavy atom. The van der Waals surface area contributed by atoms with Crippen LogP contribution in [0.5, 0.6) is 11.5 Å². The molecule has 7 heteroatoms. The van der Waals surface area contributed by atoms with Crippen LogP contribution >= 0.6 is 0 Å². The van der Waals surface area contributed by atoms with Crippen molar-refractivity contribution in [2.24, 2.45) is 5.92 Å². The van der Waals surface area contributed by atoms with Crippen molar-refractivity contribution < 1.29 is 24.0 Å². The van der Waals surface area contributed by atoms with Gasteiger partial charge in [0.1, 0.15) is 11.5 Å². The molecule has 0 heterocycles. The van der Waals surface area contributed by atoms with E-state index in [1.807, 2.05) is 6.92 Å². The van der Waals surface area contributed by atoms with Crippen molar-refractivity contribution in [2.75, 3.05) is 45.7 Å². The van der Waals surface area contributed by atoms with Crippen LogP contribution in [0.3, 0.4) is 0 Å². The summed E-state index contributed by atoms with van der Waals surface area (Å²) in [6, 6.07) is 5.21. The SMILES string of the molecule is CC[NH+](CC)CCCNC(=O)C[C@H](C)CC(=O)Nc1ccc(OC)cc1OC. The molecule has 0 radical (unpaired) electrons. The van der Waals surface area contributed by atoms with Gasteiger partial charge in [0.05, 0.1) is 39.5 Å². The Kier molecular flexibility index (Phi) is 11.0. The smallest absolute Gasteiger partial charge is 0.224 e. The number of anilines is 1. The predicted octanol–water partition coefficient (Wildman–Crippen LogP) is 1.49. The molecule has 0 aliphatic carbocycles. The summed E-state index contributed by atoms with van der Waals surface area (Å²) in [4.78, 5) is 25.9. The molecular weight excluding hydrogens is 358 g/mol. The third kappa shape index (κ3) is 8.61. The lowest BCUT2D eigenvalue weighted by molar-refractivity contribution is -0.896. The summed E-state index contributed by atoms with van der Waals surface area (Å²) in [5.74, 6) is 0.999. The second kappa shape index (κ2) is 13.0. The Hall–Kier alpha value is -2.28. The van der Waals surface area contributed by atoms with E-state index in [0.29, 0.717) is 30.2 Å². The molecule has 0 saturated heterocycles. The molecule has 0 bridgehead atoms. The number of ether oxygens (including phenoxy) is 2. The monoisotopic (exact) mass is 394 g/mol. The normalized spacial score (nSPS) is 11.8. The number of carbonyl (C=O) groups excluding carboxylic acids is 2. The number of rotatable bonds is 13. The van der Waals surface area contributed by atoms with Crippen molar-refractivity contribution >= 4 is 17.5 Å². The van der Waals surface area contributed by atoms with Crippen molar-refractivity contribution in [2.45, 2.75) is 40.0 Å². The van der Waals surface area contributed by atoms with Gasteiger partial charge in [-0.2, -0.15) is 0 Å². The van der Waals surface area contributed by atoms with Gasteiger partial charge < -0.3 is 25.0 Å². The Morgan fingerprint density at radius 3 is 2.36 bits per heavy atom. The average molecular weight is 395 g/mol. The van der Waals surface area contributed by atoms with E-state index in [0.717, 1.165) is 26.1 Å². The topological polar surface area (TPSA) is 81.1 Å². The highest BCUT2D eigenvalue weighted by atomic mass is 16.5. The van der Waals surface area contributed by atoms with Crippen LogP contribution in [0.15, 0.2) is 18.2 Å². The number of methoxy groups -OCH3 is 2. The van der Waals surface area contributed by atoms with Gasteiger partial charge in [0.25, 0.3) is 0 Å². The van der Waals surface area contributed by atoms with Gasteiger partial charge in [-0.1, -0.05) is 6.92 Å². The number of hydrogen-bond donors (Lipinski definition) is 3. The van der Waals surface area contributed by atoms with Gasteiger partial charge in [-0.25, -0.2) is 0 Å². The largest absolute Gasteiger partial charge is 0.497 e. The Morgan fingerprint density at radius 2 is 1.75 bits per heavy atom. The lowest BCUT2D eigenvalue weighted by Crippen LogP contribution is -3.11. The van der Waals surface area contributed by atoms with Gasteiger partial charge in [-0.3, -0.25) is 9.59 Å². The van der Waals surface area contributed by atoms with E-state index < -0.39 is 0 Å². The maximum absolute atomic E-state index is 12.3. The molecule has 0 unspecified atom stereocenters. The van der Waals surface area contributed by atoms with Crippen molar-refractivity contribution in [3.63, 3.8) is 0 Å². The molecule has 0 saturated carbocycles. The van der Waals surface area contributed by atoms with E-state index in [1.54, 1.807) is 32.4 Å². The first-order valence-electron chi connectivity index (χ1n) is 10.1. The molecule has 1 aromatic carbocycles. The number of amides is 2. The van der Waals surface area contributed by atoms with Crippen LogP contribution in [0, 0.1) is 5.92 Å². The van der Waals surface area contributed by atoms with Crippen molar-refractivity contribution in [3.05, 3.63) is 18.2 Å². The summed E-state index contributed by atoms with van der Waals surface area (Å²) in [5.41, 5.74) is 0.587. The van der Waals surface area contributed by atoms with Gasteiger partial charge >= 0.3 is 0 Å². The van der Waals surface area contributed by atoms with E-state index in [9.17, 15) is 9.59 Å². The van der Waals surface area contributed by atoms with Crippen LogP contribution in [0.2, 0.25) is 0 Å². The molecule has 7 nitrogen and oxygen atoms in total. The molecule has 0 spiro atoms. The first-order valence-corrected chi connectivity index (χ1v) is 10.1. The lowest BCUT2D eigenvalue weighted by Gasteiger charge is -2.16. The first-order chi connectivity index (χ1) is 13.4. The van der Waals surface area contributed by atoms with Crippen molar-refractivity contribution in [1.29, 1.82) is 0 Å². The zero-order chi connectivity index (χ0) is 20.9. The van der Waals surface area contributed by atoms with E-state index in [1.165, 1.54) is 4.90 Å². The minimum Gasteiger partial charge on any atom is -0.497 e. The zero-order valence-corrected chi connectivity index (χ0v) is 17.9. The van der Waals surface area contributed by atoms with Crippen molar-refractivity contribution in [3.8, 4) is 11.5 Å². The van der Waals surface area contributed by atoms with E-state index in [-0.39, 0.29) is 24.2 Å². The highest BCUT2D eigenvalue weighted by molar-refractivity contribution is 5.92. The number of hydrogen-bond acceptors (Lipinski definition) is 4. The van der Waals surface area contributed by atoms with Gasteiger partial charge in [0.2, 0.25) is 11.8 Å². The fourth-order valence-electron chi connectivity index (χ4n) is 3.05. The molecule has 0 aliphatic heterocycles. The van der Waals surface area contributed by atoms with Crippen LogP contribution in [0.25, 0.3) is 0 Å². The average Bonchev–Trinajstić information content (AvgIpc) is 2.68. The second-order valence-corrected chi connectivity index (χ2v) is 7.04. The predicted molar refractivity (Wildman–Crippen MR) is 111 cm³/mol. The highest BCUT2D eigenvalue weighted by Gasteiger charge is 2.15. The van der Waals surface area contributed by atoms with E-state index in [4.69, 9.17) is 9.47 Å². The van der Waals surface area contributed by atoms with Gasteiger partial charge in [0, 0.05) is 31.9 Å². The number of carbonyl (C=O) groups is 2. The summed E-state index contributed by atoms with van der Waals surface area (Å²) < 4.78 is 10.4. The van der Waals surface area contributed by atoms with E-state index in [2.05, 4.69) is 24.5 Å². The minimum atomic E-state index is -0.145. The number of benzene rings is 1. The maximum Gasteiger partial charge on any atom is 0.224 e. The van der Waals surface area contributed by atoms with E-state index >= 15 is 0 Å². The molecule has 28 heavy (non-hydrogen) atoms. The fourth-order valence-corrected chi connectivity index (χ4v) is 3.05. The molecule has 1 rings (SSSR count). The summed E-state index contributed by atoms with van der Waals surface area (Å²) in [6.45, 7) is 10.2. The number of nitrogens with one attached hydrogen (secondary N) is 3. The quantitative estimate of drug-likeness (QED) is 0.443. The van der Waals surface area contributed by atoms with Crippen LogP contribution < -0.4 is 25.0 Å².